The molecular formula is C32H37NO8. The van der Waals surface area contributed by atoms with E-state index in [9.17, 15) is 14.4 Å². The van der Waals surface area contributed by atoms with Crippen molar-refractivity contribution in [1.82, 2.24) is 4.90 Å². The van der Waals surface area contributed by atoms with Crippen LogP contribution in [-0.4, -0.2) is 75.1 Å². The van der Waals surface area contributed by atoms with Gasteiger partial charge in [-0.3, -0.25) is 9.59 Å². The maximum absolute atomic E-state index is 10.3. The van der Waals surface area contributed by atoms with Gasteiger partial charge in [-0.05, 0) is 53.6 Å². The van der Waals surface area contributed by atoms with Crippen molar-refractivity contribution < 1.29 is 39.5 Å². The van der Waals surface area contributed by atoms with Crippen LogP contribution in [0.1, 0.15) is 43.4 Å². The lowest BCUT2D eigenvalue weighted by Gasteiger charge is -2.18. The second kappa shape index (κ2) is 16.6. The van der Waals surface area contributed by atoms with Crippen molar-refractivity contribution in [1.29, 1.82) is 0 Å². The summed E-state index contributed by atoms with van der Waals surface area (Å²) in [6.07, 6.45) is -0.0468. The minimum absolute atomic E-state index is 0.715. The molecule has 0 spiro atoms. The van der Waals surface area contributed by atoms with Gasteiger partial charge in [0.2, 0.25) is 0 Å². The predicted octanol–water partition coefficient (Wildman–Crippen LogP) is 4.75. The van der Waals surface area contributed by atoms with Crippen LogP contribution in [0.3, 0.4) is 0 Å². The zero-order valence-corrected chi connectivity index (χ0v) is 23.3. The van der Waals surface area contributed by atoms with E-state index >= 15 is 0 Å². The highest BCUT2D eigenvalue weighted by atomic mass is 16.5. The summed E-state index contributed by atoms with van der Waals surface area (Å²) in [4.78, 5) is 32.9. The van der Waals surface area contributed by atoms with Crippen LogP contribution in [0.15, 0.2) is 84.9 Å². The van der Waals surface area contributed by atoms with Crippen molar-refractivity contribution in [3.05, 3.63) is 102 Å². The van der Waals surface area contributed by atoms with Crippen molar-refractivity contribution in [3.8, 4) is 5.75 Å². The largest absolute Gasteiger partial charge is 0.492 e. The standard InChI is InChI=1S/C26H29NO.C6H8O7/c1-3-27(4-2)19-20-28-25-17-15-24(16-18-25)26(23-13-9-6-10-14-23)21-22-11-7-5-8-12-22;7-3(8)1-6(13,5(11)12)2-4(9)10/h5-18,21H,3-4,19-20H2,1-2H3;13H,1-2H2,(H,7,8)(H,9,10)(H,11,12). The van der Waals surface area contributed by atoms with Crippen LogP contribution in [0, 0.1) is 0 Å². The second-order valence-corrected chi connectivity index (χ2v) is 9.21. The number of rotatable bonds is 14. The fourth-order valence-electron chi connectivity index (χ4n) is 3.94. The minimum atomic E-state index is -2.74. The minimum Gasteiger partial charge on any atom is -0.492 e. The number of hydrogen-bond acceptors (Lipinski definition) is 6. The van der Waals surface area contributed by atoms with Gasteiger partial charge >= 0.3 is 17.9 Å². The average Bonchev–Trinajstić information content (AvgIpc) is 2.95. The van der Waals surface area contributed by atoms with E-state index in [-0.39, 0.29) is 0 Å². The molecule has 0 atom stereocenters. The Kier molecular flexibility index (Phi) is 13.2. The fraction of sp³-hybridized carbons (Fsp3) is 0.281. The van der Waals surface area contributed by atoms with Gasteiger partial charge in [-0.25, -0.2) is 4.79 Å². The molecule has 9 heteroatoms. The van der Waals surface area contributed by atoms with Crippen molar-refractivity contribution in [2.75, 3.05) is 26.2 Å². The first kappa shape index (κ1) is 32.7. The lowest BCUT2D eigenvalue weighted by molar-refractivity contribution is -0.170. The Bertz CT molecular complexity index is 1250. The van der Waals surface area contributed by atoms with E-state index in [2.05, 4.69) is 104 Å². The lowest BCUT2D eigenvalue weighted by atomic mass is 9.95. The molecule has 0 aliphatic rings. The predicted molar refractivity (Wildman–Crippen MR) is 157 cm³/mol. The van der Waals surface area contributed by atoms with Gasteiger partial charge in [0.25, 0.3) is 0 Å². The quantitative estimate of drug-likeness (QED) is 0.204. The van der Waals surface area contributed by atoms with Crippen LogP contribution >= 0.6 is 0 Å². The first-order chi connectivity index (χ1) is 19.6. The van der Waals surface area contributed by atoms with E-state index in [0.29, 0.717) is 6.61 Å². The maximum atomic E-state index is 10.3. The number of hydrogen-bond donors (Lipinski definition) is 4. The number of carbonyl (C=O) groups is 3. The summed E-state index contributed by atoms with van der Waals surface area (Å²) >= 11 is 0. The van der Waals surface area contributed by atoms with Crippen molar-refractivity contribution >= 4 is 29.6 Å². The Morgan fingerprint density at radius 3 is 1.71 bits per heavy atom. The SMILES string of the molecule is CCN(CC)CCOc1ccc(C(=Cc2ccccc2)c2ccccc2)cc1.O=C(O)CC(O)(CC(=O)O)C(=O)O. The summed E-state index contributed by atoms with van der Waals surface area (Å²) in [6.45, 7) is 8.16. The van der Waals surface area contributed by atoms with E-state index in [4.69, 9.17) is 25.2 Å². The number of likely N-dealkylation sites (N-methyl/N-ethyl adjacent to an activating group) is 1. The normalized spacial score (nSPS) is 11.4. The lowest BCUT2D eigenvalue weighted by Crippen LogP contribution is -2.42. The Balaban J connectivity index is 0.000000383. The molecule has 0 unspecified atom stereocenters. The highest BCUT2D eigenvalue weighted by molar-refractivity contribution is 5.91. The van der Waals surface area contributed by atoms with Gasteiger partial charge in [0.1, 0.15) is 12.4 Å². The molecule has 41 heavy (non-hydrogen) atoms. The van der Waals surface area contributed by atoms with Crippen LogP contribution in [0.4, 0.5) is 0 Å². The third kappa shape index (κ3) is 11.3. The molecule has 0 aliphatic carbocycles. The smallest absolute Gasteiger partial charge is 0.336 e. The van der Waals surface area contributed by atoms with Crippen molar-refractivity contribution in [3.63, 3.8) is 0 Å². The molecule has 0 amide bonds. The molecule has 4 N–H and O–H groups in total. The average molecular weight is 564 g/mol. The van der Waals surface area contributed by atoms with Gasteiger partial charge < -0.3 is 30.1 Å². The topological polar surface area (TPSA) is 145 Å². The van der Waals surface area contributed by atoms with Crippen molar-refractivity contribution in [2.24, 2.45) is 0 Å². The summed E-state index contributed by atoms with van der Waals surface area (Å²) in [5, 5.41) is 33.8. The van der Waals surface area contributed by atoms with Crippen LogP contribution in [0.2, 0.25) is 0 Å². The molecular weight excluding hydrogens is 526 g/mol. The molecule has 0 aromatic heterocycles. The van der Waals surface area contributed by atoms with Crippen LogP contribution in [0.5, 0.6) is 5.75 Å². The first-order valence-electron chi connectivity index (χ1n) is 13.2. The highest BCUT2D eigenvalue weighted by Crippen LogP contribution is 2.27. The first-order valence-corrected chi connectivity index (χ1v) is 13.2. The monoisotopic (exact) mass is 563 g/mol. The van der Waals surface area contributed by atoms with Crippen LogP contribution in [-0.2, 0) is 14.4 Å². The number of ether oxygens (including phenoxy) is 1. The van der Waals surface area contributed by atoms with Gasteiger partial charge in [-0.2, -0.15) is 0 Å². The van der Waals surface area contributed by atoms with Crippen LogP contribution in [0.25, 0.3) is 11.6 Å². The van der Waals surface area contributed by atoms with E-state index in [1.54, 1.807) is 0 Å². The third-order valence-electron chi connectivity index (χ3n) is 6.22. The Morgan fingerprint density at radius 1 is 0.756 bits per heavy atom. The Morgan fingerprint density at radius 2 is 1.24 bits per heavy atom. The summed E-state index contributed by atoms with van der Waals surface area (Å²) in [5.41, 5.74) is 2.06. The molecule has 3 rings (SSSR count). The molecule has 9 nitrogen and oxygen atoms in total. The summed E-state index contributed by atoms with van der Waals surface area (Å²) in [5.74, 6) is -4.10. The molecule has 0 bridgehead atoms. The Hall–Kier alpha value is -4.47. The molecule has 0 aliphatic heterocycles. The number of carboxylic acid groups (broad SMARTS) is 3. The number of benzene rings is 3. The Labute approximate surface area is 240 Å². The van der Waals surface area contributed by atoms with Gasteiger partial charge in [0.15, 0.2) is 5.60 Å². The zero-order chi connectivity index (χ0) is 30.3. The van der Waals surface area contributed by atoms with E-state index < -0.39 is 36.4 Å². The van der Waals surface area contributed by atoms with Gasteiger partial charge in [0, 0.05) is 6.54 Å². The number of aliphatic hydroxyl groups is 1. The van der Waals surface area contributed by atoms with E-state index in [0.717, 1.165) is 25.4 Å². The molecule has 0 saturated carbocycles. The van der Waals surface area contributed by atoms with Gasteiger partial charge in [0.05, 0.1) is 12.8 Å². The summed E-state index contributed by atoms with van der Waals surface area (Å²) in [7, 11) is 0. The van der Waals surface area contributed by atoms with Crippen LogP contribution < -0.4 is 4.74 Å². The second-order valence-electron chi connectivity index (χ2n) is 9.21. The fourth-order valence-corrected chi connectivity index (χ4v) is 3.94. The van der Waals surface area contributed by atoms with Crippen molar-refractivity contribution in [2.45, 2.75) is 32.3 Å². The maximum Gasteiger partial charge on any atom is 0.336 e. The molecule has 0 fully saturated rings. The number of aliphatic carboxylic acids is 3. The molecule has 3 aromatic carbocycles. The van der Waals surface area contributed by atoms with E-state index in [1.807, 2.05) is 6.07 Å². The summed E-state index contributed by atoms with van der Waals surface area (Å²) in [6, 6.07) is 29.4. The molecule has 218 valence electrons. The molecule has 3 aromatic rings. The number of carboxylic acids is 3. The number of nitrogens with zero attached hydrogens (tertiary/aromatic N) is 1. The van der Waals surface area contributed by atoms with Gasteiger partial charge in [-0.1, -0.05) is 86.6 Å². The van der Waals surface area contributed by atoms with Gasteiger partial charge in [-0.15, -0.1) is 0 Å². The van der Waals surface area contributed by atoms with E-state index in [1.165, 1.54) is 22.3 Å². The highest BCUT2D eigenvalue weighted by Gasteiger charge is 2.40. The summed E-state index contributed by atoms with van der Waals surface area (Å²) < 4.78 is 5.94. The molecule has 0 heterocycles. The third-order valence-corrected chi connectivity index (χ3v) is 6.22. The molecule has 0 saturated heterocycles. The molecule has 0 radical (unpaired) electrons. The zero-order valence-electron chi connectivity index (χ0n) is 23.3.